The number of nitrogens with two attached hydrogens (primary N) is 1. The fourth-order valence-corrected chi connectivity index (χ4v) is 1.93. The first-order valence-corrected chi connectivity index (χ1v) is 6.14. The zero-order chi connectivity index (χ0) is 14.3. The maximum Gasteiger partial charge on any atom is 0.171 e. The first-order valence-electron chi connectivity index (χ1n) is 5.76. The van der Waals surface area contributed by atoms with Crippen LogP contribution in [-0.2, 0) is 4.74 Å². The van der Waals surface area contributed by atoms with Crippen molar-refractivity contribution in [1.29, 1.82) is 0 Å². The van der Waals surface area contributed by atoms with Crippen molar-refractivity contribution in [3.63, 3.8) is 0 Å². The number of hydrogen-bond donors (Lipinski definition) is 3. The van der Waals surface area contributed by atoms with E-state index in [1.807, 2.05) is 4.90 Å². The number of ether oxygens (including phenoxy) is 1. The van der Waals surface area contributed by atoms with Crippen LogP contribution in [0.4, 0.5) is 5.69 Å². The van der Waals surface area contributed by atoms with Gasteiger partial charge in [-0.15, -0.1) is 0 Å². The van der Waals surface area contributed by atoms with Crippen molar-refractivity contribution in [3.05, 3.63) is 28.8 Å². The highest BCUT2D eigenvalue weighted by Gasteiger charge is 2.10. The highest BCUT2D eigenvalue weighted by molar-refractivity contribution is 6.34. The summed E-state index contributed by atoms with van der Waals surface area (Å²) in [6.07, 6.45) is 0. The lowest BCUT2D eigenvalue weighted by Gasteiger charge is -2.24. The maximum atomic E-state index is 9.06. The molecule has 0 unspecified atom stereocenters. The number of oxime groups is 1. The number of rotatable bonds is 7. The smallest absolute Gasteiger partial charge is 0.171 e. The molecule has 1 aromatic rings. The van der Waals surface area contributed by atoms with Crippen molar-refractivity contribution >= 4 is 23.1 Å². The van der Waals surface area contributed by atoms with Crippen molar-refractivity contribution in [3.8, 4) is 0 Å². The zero-order valence-electron chi connectivity index (χ0n) is 10.7. The molecule has 0 bridgehead atoms. The molecule has 106 valence electrons. The van der Waals surface area contributed by atoms with E-state index in [0.29, 0.717) is 30.3 Å². The van der Waals surface area contributed by atoms with Gasteiger partial charge in [-0.1, -0.05) is 16.8 Å². The van der Waals surface area contributed by atoms with Gasteiger partial charge in [-0.2, -0.15) is 0 Å². The highest BCUT2D eigenvalue weighted by atomic mass is 35.5. The summed E-state index contributed by atoms with van der Waals surface area (Å²) in [7, 11) is 1.62. The molecule has 0 saturated carbocycles. The third-order valence-electron chi connectivity index (χ3n) is 2.64. The summed E-state index contributed by atoms with van der Waals surface area (Å²) in [6.45, 7) is 1.68. The maximum absolute atomic E-state index is 9.06. The summed E-state index contributed by atoms with van der Waals surface area (Å²) < 4.78 is 5.02. The van der Waals surface area contributed by atoms with E-state index in [9.17, 15) is 0 Å². The third-order valence-corrected chi connectivity index (χ3v) is 2.95. The zero-order valence-corrected chi connectivity index (χ0v) is 11.5. The summed E-state index contributed by atoms with van der Waals surface area (Å²) in [5.41, 5.74) is 6.80. The first kappa shape index (κ1) is 15.6. The van der Waals surface area contributed by atoms with Gasteiger partial charge in [0.15, 0.2) is 5.84 Å². The van der Waals surface area contributed by atoms with Crippen molar-refractivity contribution < 1.29 is 15.1 Å². The lowest BCUT2D eigenvalue weighted by molar-refractivity contribution is 0.203. The molecule has 0 aliphatic heterocycles. The van der Waals surface area contributed by atoms with Gasteiger partial charge in [0, 0.05) is 31.5 Å². The molecule has 6 nitrogen and oxygen atoms in total. The molecular formula is C12H18ClN3O3. The van der Waals surface area contributed by atoms with E-state index in [1.165, 1.54) is 0 Å². The molecule has 0 atom stereocenters. The fourth-order valence-electron chi connectivity index (χ4n) is 1.65. The Morgan fingerprint density at radius 1 is 1.47 bits per heavy atom. The Bertz CT molecular complexity index is 440. The standard InChI is InChI=1S/C12H18ClN3O3/c1-19-7-5-16(4-6-17)9-2-3-10(11(13)8-9)12(14)15-18/h2-3,8,17-18H,4-7H2,1H3,(H2,14,15). The second-order valence-electron chi connectivity index (χ2n) is 3.85. The van der Waals surface area contributed by atoms with E-state index in [-0.39, 0.29) is 12.4 Å². The van der Waals surface area contributed by atoms with E-state index in [0.717, 1.165) is 5.69 Å². The van der Waals surface area contributed by atoms with Crippen LogP contribution in [0.3, 0.4) is 0 Å². The van der Waals surface area contributed by atoms with Gasteiger partial charge >= 0.3 is 0 Å². The summed E-state index contributed by atoms with van der Waals surface area (Å²) in [5.74, 6) is -0.0397. The Hall–Kier alpha value is -1.50. The van der Waals surface area contributed by atoms with Crippen LogP contribution in [0.25, 0.3) is 0 Å². The average molecular weight is 288 g/mol. The molecule has 0 amide bonds. The third kappa shape index (κ3) is 4.27. The quantitative estimate of drug-likeness (QED) is 0.300. The number of halogens is 1. The lowest BCUT2D eigenvalue weighted by atomic mass is 10.1. The van der Waals surface area contributed by atoms with Crippen LogP contribution in [0.15, 0.2) is 23.4 Å². The average Bonchev–Trinajstić information content (AvgIpc) is 2.42. The number of hydrogen-bond acceptors (Lipinski definition) is 5. The van der Waals surface area contributed by atoms with E-state index in [2.05, 4.69) is 5.16 Å². The summed E-state index contributed by atoms with van der Waals surface area (Å²) in [4.78, 5) is 1.94. The Balaban J connectivity index is 2.95. The monoisotopic (exact) mass is 287 g/mol. The molecule has 0 fully saturated rings. The first-order chi connectivity index (χ1) is 9.13. The lowest BCUT2D eigenvalue weighted by Crippen LogP contribution is -2.30. The molecule has 1 aromatic carbocycles. The molecule has 1 rings (SSSR count). The number of amidine groups is 1. The molecule has 0 spiro atoms. The van der Waals surface area contributed by atoms with Crippen LogP contribution < -0.4 is 10.6 Å². The molecule has 0 saturated heterocycles. The van der Waals surface area contributed by atoms with Gasteiger partial charge in [-0.05, 0) is 18.2 Å². The summed E-state index contributed by atoms with van der Waals surface area (Å²) in [6, 6.07) is 5.18. The van der Waals surface area contributed by atoms with Crippen molar-refractivity contribution in [2.24, 2.45) is 10.9 Å². The van der Waals surface area contributed by atoms with Crippen LogP contribution in [0, 0.1) is 0 Å². The molecule has 0 aliphatic carbocycles. The van der Waals surface area contributed by atoms with E-state index in [1.54, 1.807) is 25.3 Å². The fraction of sp³-hybridized carbons (Fsp3) is 0.417. The number of methoxy groups -OCH3 is 1. The number of nitrogens with zero attached hydrogens (tertiary/aromatic N) is 2. The van der Waals surface area contributed by atoms with Crippen molar-refractivity contribution in [1.82, 2.24) is 0 Å². The number of aliphatic hydroxyl groups excluding tert-OH is 1. The second kappa shape index (κ2) is 7.83. The van der Waals surface area contributed by atoms with Crippen molar-refractivity contribution in [2.75, 3.05) is 38.3 Å². The molecular weight excluding hydrogens is 270 g/mol. The van der Waals surface area contributed by atoms with E-state index < -0.39 is 0 Å². The van der Waals surface area contributed by atoms with Crippen LogP contribution in [0.1, 0.15) is 5.56 Å². The Morgan fingerprint density at radius 3 is 2.74 bits per heavy atom. The summed E-state index contributed by atoms with van der Waals surface area (Å²) >= 11 is 6.09. The Morgan fingerprint density at radius 2 is 2.21 bits per heavy atom. The van der Waals surface area contributed by atoms with Gasteiger partial charge in [0.1, 0.15) is 0 Å². The van der Waals surface area contributed by atoms with Crippen molar-refractivity contribution in [2.45, 2.75) is 0 Å². The minimum Gasteiger partial charge on any atom is -0.409 e. The van der Waals surface area contributed by atoms with Gasteiger partial charge in [0.05, 0.1) is 18.2 Å². The topological polar surface area (TPSA) is 91.3 Å². The summed E-state index contributed by atoms with van der Waals surface area (Å²) in [5, 5.41) is 21.0. The predicted molar refractivity (Wildman–Crippen MR) is 75.1 cm³/mol. The van der Waals surface area contributed by atoms with Gasteiger partial charge in [0.25, 0.3) is 0 Å². The van der Waals surface area contributed by atoms with Gasteiger partial charge < -0.3 is 25.7 Å². The van der Waals surface area contributed by atoms with Crippen LogP contribution >= 0.6 is 11.6 Å². The SMILES string of the molecule is COCCN(CCO)c1ccc(/C(N)=N/O)c(Cl)c1. The van der Waals surface area contributed by atoms with E-state index in [4.69, 9.17) is 32.4 Å². The molecule has 4 N–H and O–H groups in total. The second-order valence-corrected chi connectivity index (χ2v) is 4.26. The molecule has 0 radical (unpaired) electrons. The Labute approximate surface area is 117 Å². The van der Waals surface area contributed by atoms with Crippen LogP contribution in [0.2, 0.25) is 5.02 Å². The number of benzene rings is 1. The number of aliphatic hydroxyl groups is 1. The van der Waals surface area contributed by atoms with Crippen LogP contribution in [-0.4, -0.2) is 49.6 Å². The minimum absolute atomic E-state index is 0.0311. The molecule has 0 heterocycles. The predicted octanol–water partition coefficient (Wildman–Crippen LogP) is 0.880. The van der Waals surface area contributed by atoms with E-state index >= 15 is 0 Å². The normalized spacial score (nSPS) is 11.6. The van der Waals surface area contributed by atoms with Gasteiger partial charge in [-0.3, -0.25) is 0 Å². The van der Waals surface area contributed by atoms with Gasteiger partial charge in [-0.25, -0.2) is 0 Å². The number of anilines is 1. The molecule has 0 aromatic heterocycles. The Kier molecular flexibility index (Phi) is 6.41. The largest absolute Gasteiger partial charge is 0.409 e. The molecule has 0 aliphatic rings. The molecule has 7 heteroatoms. The van der Waals surface area contributed by atoms with Gasteiger partial charge in [0.2, 0.25) is 0 Å². The minimum atomic E-state index is -0.0397. The van der Waals surface area contributed by atoms with Crippen LogP contribution in [0.5, 0.6) is 0 Å². The molecule has 19 heavy (non-hydrogen) atoms. The highest BCUT2D eigenvalue weighted by Crippen LogP contribution is 2.23.